The first-order valence-corrected chi connectivity index (χ1v) is 5.10. The van der Waals surface area contributed by atoms with Gasteiger partial charge >= 0.3 is 0 Å². The van der Waals surface area contributed by atoms with E-state index in [1.807, 2.05) is 0 Å². The van der Waals surface area contributed by atoms with Crippen LogP contribution in [0.15, 0.2) is 36.5 Å². The van der Waals surface area contributed by atoms with Crippen LogP contribution >= 0.6 is 11.6 Å². The molecule has 0 unspecified atom stereocenters. The van der Waals surface area contributed by atoms with Gasteiger partial charge in [0.15, 0.2) is 5.82 Å². The third-order valence-corrected chi connectivity index (χ3v) is 2.53. The lowest BCUT2D eigenvalue weighted by Gasteiger charge is -2.04. The van der Waals surface area contributed by atoms with Crippen molar-refractivity contribution in [3.63, 3.8) is 0 Å². The lowest BCUT2D eigenvalue weighted by Crippen LogP contribution is -1.90. The Kier molecular flexibility index (Phi) is 3.17. The van der Waals surface area contributed by atoms with E-state index in [4.69, 9.17) is 16.7 Å². The minimum Gasteiger partial charge on any atom is -0.392 e. The molecule has 16 heavy (non-hydrogen) atoms. The predicted octanol–water partition coefficient (Wildman–Crippen LogP) is 3.03. The number of pyridine rings is 1. The van der Waals surface area contributed by atoms with E-state index in [0.29, 0.717) is 16.8 Å². The highest BCUT2D eigenvalue weighted by Gasteiger charge is 2.09. The Bertz CT molecular complexity index is 499. The van der Waals surface area contributed by atoms with E-state index in [9.17, 15) is 4.39 Å². The second kappa shape index (κ2) is 4.60. The second-order valence-corrected chi connectivity index (χ2v) is 3.72. The van der Waals surface area contributed by atoms with E-state index in [0.717, 1.165) is 0 Å². The molecular weight excluding hydrogens is 229 g/mol. The highest BCUT2D eigenvalue weighted by molar-refractivity contribution is 6.31. The number of nitrogens with zero attached hydrogens (tertiary/aromatic N) is 1. The van der Waals surface area contributed by atoms with Gasteiger partial charge in [-0.3, -0.25) is 4.98 Å². The van der Waals surface area contributed by atoms with Crippen molar-refractivity contribution in [2.24, 2.45) is 0 Å². The molecule has 4 heteroatoms. The molecule has 1 aromatic carbocycles. The molecule has 2 nitrogen and oxygen atoms in total. The van der Waals surface area contributed by atoms with Gasteiger partial charge < -0.3 is 5.11 Å². The summed E-state index contributed by atoms with van der Waals surface area (Å²) in [6.45, 7) is -0.0781. The van der Waals surface area contributed by atoms with Gasteiger partial charge in [0.05, 0.1) is 17.3 Å². The summed E-state index contributed by atoms with van der Waals surface area (Å²) < 4.78 is 13.6. The molecule has 1 heterocycles. The summed E-state index contributed by atoms with van der Waals surface area (Å²) in [7, 11) is 0. The molecule has 2 rings (SSSR count). The molecule has 0 radical (unpaired) electrons. The Morgan fingerprint density at radius 3 is 2.69 bits per heavy atom. The Morgan fingerprint density at radius 2 is 2.06 bits per heavy atom. The first-order valence-electron chi connectivity index (χ1n) is 4.72. The molecule has 0 aliphatic rings. The molecular formula is C12H9ClFNO. The summed E-state index contributed by atoms with van der Waals surface area (Å²) in [5.74, 6) is -0.478. The van der Waals surface area contributed by atoms with Crippen LogP contribution in [-0.4, -0.2) is 10.1 Å². The van der Waals surface area contributed by atoms with Crippen molar-refractivity contribution in [1.29, 1.82) is 0 Å². The number of aromatic nitrogens is 1. The van der Waals surface area contributed by atoms with Gasteiger partial charge in [0.25, 0.3) is 0 Å². The number of hydrogen-bond donors (Lipinski definition) is 1. The van der Waals surface area contributed by atoms with Crippen LogP contribution in [0.4, 0.5) is 4.39 Å². The summed E-state index contributed by atoms with van der Waals surface area (Å²) in [4.78, 5) is 4.06. The van der Waals surface area contributed by atoms with Gasteiger partial charge in [0.2, 0.25) is 0 Å². The highest BCUT2D eigenvalue weighted by atomic mass is 35.5. The fourth-order valence-corrected chi connectivity index (χ4v) is 1.55. The molecule has 82 valence electrons. The summed E-state index contributed by atoms with van der Waals surface area (Å²) in [6.07, 6.45) is 1.51. The van der Waals surface area contributed by atoms with E-state index in [-0.39, 0.29) is 11.6 Å². The molecule has 0 aliphatic heterocycles. The minimum atomic E-state index is -0.478. The van der Waals surface area contributed by atoms with Crippen LogP contribution in [0.5, 0.6) is 0 Å². The van der Waals surface area contributed by atoms with Gasteiger partial charge in [-0.05, 0) is 23.8 Å². The molecule has 0 atom stereocenters. The van der Waals surface area contributed by atoms with Crippen molar-refractivity contribution in [3.05, 3.63) is 52.9 Å². The maximum absolute atomic E-state index is 13.6. The molecule has 0 amide bonds. The van der Waals surface area contributed by atoms with Crippen LogP contribution in [0, 0.1) is 5.82 Å². The Labute approximate surface area is 97.3 Å². The van der Waals surface area contributed by atoms with E-state index in [1.165, 1.54) is 12.3 Å². The zero-order valence-electron chi connectivity index (χ0n) is 8.32. The van der Waals surface area contributed by atoms with Crippen LogP contribution in [0.1, 0.15) is 5.56 Å². The zero-order chi connectivity index (χ0) is 11.5. The molecule has 2 aromatic rings. The standard InChI is InChI=1S/C12H9ClFNO/c13-10-3-1-2-9(12(10)14)11-5-4-8(7-16)6-15-11/h1-6,16H,7H2. The van der Waals surface area contributed by atoms with Gasteiger partial charge in [-0.25, -0.2) is 4.39 Å². The smallest absolute Gasteiger partial charge is 0.151 e. The topological polar surface area (TPSA) is 33.1 Å². The van der Waals surface area contributed by atoms with Gasteiger partial charge in [-0.1, -0.05) is 23.7 Å². The van der Waals surface area contributed by atoms with Crippen LogP contribution in [0.3, 0.4) is 0 Å². The van der Waals surface area contributed by atoms with Gasteiger partial charge in [-0.15, -0.1) is 0 Å². The van der Waals surface area contributed by atoms with E-state index in [1.54, 1.807) is 24.3 Å². The minimum absolute atomic E-state index is 0.0746. The van der Waals surface area contributed by atoms with Gasteiger partial charge in [-0.2, -0.15) is 0 Å². The first-order chi connectivity index (χ1) is 7.72. The number of hydrogen-bond acceptors (Lipinski definition) is 2. The van der Waals surface area contributed by atoms with E-state index >= 15 is 0 Å². The molecule has 1 aromatic heterocycles. The predicted molar refractivity (Wildman–Crippen MR) is 60.6 cm³/mol. The second-order valence-electron chi connectivity index (χ2n) is 3.31. The summed E-state index contributed by atoms with van der Waals surface area (Å²) in [5.41, 5.74) is 1.54. The van der Waals surface area contributed by atoms with Crippen molar-refractivity contribution in [3.8, 4) is 11.3 Å². The summed E-state index contributed by atoms with van der Waals surface area (Å²) >= 11 is 5.68. The van der Waals surface area contributed by atoms with Crippen LogP contribution in [-0.2, 0) is 6.61 Å². The maximum Gasteiger partial charge on any atom is 0.151 e. The van der Waals surface area contributed by atoms with Crippen LogP contribution in [0.25, 0.3) is 11.3 Å². The molecule has 0 aliphatic carbocycles. The highest BCUT2D eigenvalue weighted by Crippen LogP contribution is 2.25. The lowest BCUT2D eigenvalue weighted by atomic mass is 10.1. The Hall–Kier alpha value is -1.45. The maximum atomic E-state index is 13.6. The van der Waals surface area contributed by atoms with Crippen molar-refractivity contribution in [1.82, 2.24) is 4.98 Å². The Morgan fingerprint density at radius 1 is 1.25 bits per heavy atom. The molecule has 0 fully saturated rings. The molecule has 1 N–H and O–H groups in total. The van der Waals surface area contributed by atoms with Crippen molar-refractivity contribution in [2.75, 3.05) is 0 Å². The molecule has 0 spiro atoms. The normalized spacial score (nSPS) is 10.4. The summed E-state index contributed by atoms with van der Waals surface area (Å²) in [6, 6.07) is 8.12. The first kappa shape index (κ1) is 11.0. The number of halogens is 2. The quantitative estimate of drug-likeness (QED) is 0.871. The number of aliphatic hydroxyl groups excluding tert-OH is 1. The van der Waals surface area contributed by atoms with E-state index < -0.39 is 5.82 Å². The average molecular weight is 238 g/mol. The molecule has 0 saturated heterocycles. The largest absolute Gasteiger partial charge is 0.392 e. The van der Waals surface area contributed by atoms with Crippen molar-refractivity contribution in [2.45, 2.75) is 6.61 Å². The fourth-order valence-electron chi connectivity index (χ4n) is 1.38. The molecule has 0 saturated carbocycles. The van der Waals surface area contributed by atoms with E-state index in [2.05, 4.69) is 4.98 Å². The monoisotopic (exact) mass is 237 g/mol. The lowest BCUT2D eigenvalue weighted by molar-refractivity contribution is 0.281. The van der Waals surface area contributed by atoms with Gasteiger partial charge in [0.1, 0.15) is 0 Å². The fraction of sp³-hybridized carbons (Fsp3) is 0.0833. The Balaban J connectivity index is 2.46. The average Bonchev–Trinajstić information content (AvgIpc) is 2.33. The van der Waals surface area contributed by atoms with Gasteiger partial charge in [0, 0.05) is 11.8 Å². The van der Waals surface area contributed by atoms with Crippen LogP contribution in [0.2, 0.25) is 5.02 Å². The van der Waals surface area contributed by atoms with Crippen molar-refractivity contribution < 1.29 is 9.50 Å². The van der Waals surface area contributed by atoms with Crippen molar-refractivity contribution >= 4 is 11.6 Å². The number of benzene rings is 1. The SMILES string of the molecule is OCc1ccc(-c2cccc(Cl)c2F)nc1. The third kappa shape index (κ3) is 2.05. The zero-order valence-corrected chi connectivity index (χ0v) is 9.08. The van der Waals surface area contributed by atoms with Crippen LogP contribution < -0.4 is 0 Å². The summed E-state index contributed by atoms with van der Waals surface area (Å²) in [5, 5.41) is 8.94. The third-order valence-electron chi connectivity index (χ3n) is 2.23. The number of rotatable bonds is 2. The number of aliphatic hydroxyl groups is 1. The molecule has 0 bridgehead atoms.